The van der Waals surface area contributed by atoms with Gasteiger partial charge in [0.1, 0.15) is 5.00 Å². The summed E-state index contributed by atoms with van der Waals surface area (Å²) < 4.78 is 32.0. The molecule has 1 aliphatic heterocycles. The number of hydrogen-bond donors (Lipinski definition) is 1. The Morgan fingerprint density at radius 3 is 2.76 bits per heavy atom. The van der Waals surface area contributed by atoms with Crippen LogP contribution in [0.5, 0.6) is 0 Å². The summed E-state index contributed by atoms with van der Waals surface area (Å²) >= 11 is 1.68. The Bertz CT molecular complexity index is 836. The average molecular weight is 323 g/mol. The van der Waals surface area contributed by atoms with Gasteiger partial charge in [-0.15, -0.1) is 11.3 Å². The highest BCUT2D eigenvalue weighted by Gasteiger charge is 2.39. The molecule has 2 heterocycles. The van der Waals surface area contributed by atoms with Crippen LogP contribution in [0.3, 0.4) is 0 Å². The van der Waals surface area contributed by atoms with E-state index in [0.717, 1.165) is 10.7 Å². The van der Waals surface area contributed by atoms with Crippen molar-refractivity contribution in [2.24, 2.45) is 4.99 Å². The van der Waals surface area contributed by atoms with Gasteiger partial charge < -0.3 is 0 Å². The lowest BCUT2D eigenvalue weighted by atomic mass is 9.76. The fourth-order valence-electron chi connectivity index (χ4n) is 3.02. The molecular weight excluding hydrogens is 306 g/mol. The van der Waals surface area contributed by atoms with Gasteiger partial charge in [-0.3, -0.25) is 4.55 Å². The number of aliphatic imine (C=N–C) groups is 1. The third-order valence-corrected chi connectivity index (χ3v) is 6.14. The lowest BCUT2D eigenvalue weighted by Crippen LogP contribution is -2.28. The molecule has 6 heteroatoms. The second-order valence-electron chi connectivity index (χ2n) is 5.70. The summed E-state index contributed by atoms with van der Waals surface area (Å²) in [5.41, 5.74) is 1.97. The highest BCUT2D eigenvalue weighted by atomic mass is 32.2. The van der Waals surface area contributed by atoms with Crippen LogP contribution in [0, 0.1) is 0 Å². The zero-order valence-electron chi connectivity index (χ0n) is 12.0. The molecule has 0 bridgehead atoms. The SMILES string of the molecule is CC1=Nc2sc3ccccc3c2C1(C)CCCS(=O)(=O)O. The molecule has 1 aromatic heterocycles. The first-order chi connectivity index (χ1) is 9.81. The van der Waals surface area contributed by atoms with E-state index in [1.807, 2.05) is 19.1 Å². The van der Waals surface area contributed by atoms with Crippen LogP contribution in [0.2, 0.25) is 0 Å². The summed E-state index contributed by atoms with van der Waals surface area (Å²) in [5.74, 6) is -0.201. The van der Waals surface area contributed by atoms with Crippen LogP contribution in [-0.4, -0.2) is 24.4 Å². The van der Waals surface area contributed by atoms with E-state index in [9.17, 15) is 8.42 Å². The number of rotatable bonds is 4. The van der Waals surface area contributed by atoms with Gasteiger partial charge in [-0.25, -0.2) is 4.99 Å². The Hall–Kier alpha value is -1.24. The third-order valence-electron chi connectivity index (χ3n) is 4.28. The molecule has 0 amide bonds. The molecule has 0 spiro atoms. The second kappa shape index (κ2) is 4.90. The number of hydrogen-bond acceptors (Lipinski definition) is 4. The standard InChI is InChI=1S/C15H17NO3S2/c1-10-15(2,8-5-9-21(17,18)19)13-11-6-3-4-7-12(11)20-14(13)16-10/h3-4,6-7H,5,8-9H2,1-2H3,(H,17,18,19). The monoisotopic (exact) mass is 323 g/mol. The molecular formula is C15H17NO3S2. The van der Waals surface area contributed by atoms with E-state index in [1.54, 1.807) is 11.3 Å². The predicted molar refractivity (Wildman–Crippen MR) is 87.6 cm³/mol. The number of benzene rings is 1. The van der Waals surface area contributed by atoms with E-state index >= 15 is 0 Å². The highest BCUT2D eigenvalue weighted by Crippen LogP contribution is 2.51. The number of fused-ring (bicyclic) bond motifs is 3. The minimum atomic E-state index is -3.90. The topological polar surface area (TPSA) is 66.7 Å². The summed E-state index contributed by atoms with van der Waals surface area (Å²) in [6.07, 6.45) is 1.08. The van der Waals surface area contributed by atoms with Crippen molar-refractivity contribution in [2.45, 2.75) is 32.1 Å². The molecule has 2 aromatic rings. The van der Waals surface area contributed by atoms with Crippen molar-refractivity contribution in [3.8, 4) is 0 Å². The van der Waals surface area contributed by atoms with Crippen LogP contribution < -0.4 is 0 Å². The van der Waals surface area contributed by atoms with Gasteiger partial charge in [0.25, 0.3) is 10.1 Å². The van der Waals surface area contributed by atoms with E-state index < -0.39 is 10.1 Å². The smallest absolute Gasteiger partial charge is 0.264 e. The maximum atomic E-state index is 10.9. The Labute approximate surface area is 128 Å². The third kappa shape index (κ3) is 2.52. The van der Waals surface area contributed by atoms with Crippen LogP contribution in [-0.2, 0) is 15.5 Å². The van der Waals surface area contributed by atoms with Crippen molar-refractivity contribution in [2.75, 3.05) is 5.75 Å². The maximum Gasteiger partial charge on any atom is 0.264 e. The molecule has 112 valence electrons. The summed E-state index contributed by atoms with van der Waals surface area (Å²) in [7, 11) is -3.90. The molecule has 0 saturated carbocycles. The van der Waals surface area contributed by atoms with Gasteiger partial charge in [0.05, 0.1) is 5.75 Å². The van der Waals surface area contributed by atoms with E-state index in [-0.39, 0.29) is 11.2 Å². The molecule has 1 atom stereocenters. The van der Waals surface area contributed by atoms with Crippen LogP contribution in [0.1, 0.15) is 32.3 Å². The lowest BCUT2D eigenvalue weighted by Gasteiger charge is -2.25. The molecule has 1 aliphatic rings. The second-order valence-corrected chi connectivity index (χ2v) is 8.30. The van der Waals surface area contributed by atoms with Crippen LogP contribution >= 0.6 is 11.3 Å². The predicted octanol–water partition coefficient (Wildman–Crippen LogP) is 3.93. The molecule has 0 saturated heterocycles. The van der Waals surface area contributed by atoms with Crippen LogP contribution in [0.4, 0.5) is 5.00 Å². The fraction of sp³-hybridized carbons (Fsp3) is 0.400. The summed E-state index contributed by atoms with van der Waals surface area (Å²) in [6, 6.07) is 8.21. The largest absolute Gasteiger partial charge is 0.286 e. The quantitative estimate of drug-likeness (QED) is 0.867. The zero-order chi connectivity index (χ0) is 15.3. The van der Waals surface area contributed by atoms with E-state index in [1.165, 1.54) is 15.6 Å². The summed E-state index contributed by atoms with van der Waals surface area (Å²) in [4.78, 5) is 4.68. The molecule has 4 nitrogen and oxygen atoms in total. The van der Waals surface area contributed by atoms with Gasteiger partial charge in [0, 0.05) is 21.4 Å². The summed E-state index contributed by atoms with van der Waals surface area (Å²) in [6.45, 7) is 4.11. The van der Waals surface area contributed by atoms with Crippen LogP contribution in [0.25, 0.3) is 10.1 Å². The maximum absolute atomic E-state index is 10.9. The Kier molecular flexibility index (Phi) is 3.43. The van der Waals surface area contributed by atoms with Crippen molar-refractivity contribution in [1.82, 2.24) is 0 Å². The van der Waals surface area contributed by atoms with Gasteiger partial charge in [0.15, 0.2) is 0 Å². The Morgan fingerprint density at radius 1 is 1.33 bits per heavy atom. The fourth-order valence-corrected chi connectivity index (χ4v) is 4.78. The number of nitrogens with zero attached hydrogens (tertiary/aromatic N) is 1. The van der Waals surface area contributed by atoms with E-state index in [2.05, 4.69) is 24.0 Å². The first-order valence-corrected chi connectivity index (χ1v) is 9.27. The average Bonchev–Trinajstić information content (AvgIpc) is 2.84. The van der Waals surface area contributed by atoms with Gasteiger partial charge >= 0.3 is 0 Å². The van der Waals surface area contributed by atoms with Crippen molar-refractivity contribution < 1.29 is 13.0 Å². The molecule has 0 radical (unpaired) electrons. The first kappa shape index (κ1) is 14.7. The van der Waals surface area contributed by atoms with Gasteiger partial charge in [0.2, 0.25) is 0 Å². The molecule has 1 aromatic carbocycles. The lowest BCUT2D eigenvalue weighted by molar-refractivity contribution is 0.475. The van der Waals surface area contributed by atoms with Gasteiger partial charge in [-0.2, -0.15) is 8.42 Å². The number of thiophene rings is 1. The zero-order valence-corrected chi connectivity index (χ0v) is 13.6. The molecule has 0 aliphatic carbocycles. The molecule has 1 unspecified atom stereocenters. The molecule has 21 heavy (non-hydrogen) atoms. The Morgan fingerprint density at radius 2 is 2.05 bits per heavy atom. The van der Waals surface area contributed by atoms with Crippen molar-refractivity contribution in [1.29, 1.82) is 0 Å². The van der Waals surface area contributed by atoms with Crippen molar-refractivity contribution in [3.63, 3.8) is 0 Å². The molecule has 1 N–H and O–H groups in total. The van der Waals surface area contributed by atoms with E-state index in [4.69, 9.17) is 4.55 Å². The van der Waals surface area contributed by atoms with Gasteiger partial charge in [-0.05, 0) is 31.2 Å². The van der Waals surface area contributed by atoms with Crippen molar-refractivity contribution in [3.05, 3.63) is 29.8 Å². The summed E-state index contributed by atoms with van der Waals surface area (Å²) in [5, 5.41) is 2.23. The Balaban J connectivity index is 1.99. The first-order valence-electron chi connectivity index (χ1n) is 6.84. The normalized spacial score (nSPS) is 21.6. The molecule has 3 rings (SSSR count). The van der Waals surface area contributed by atoms with E-state index in [0.29, 0.717) is 12.8 Å². The van der Waals surface area contributed by atoms with Gasteiger partial charge in [-0.1, -0.05) is 25.1 Å². The molecule has 0 fully saturated rings. The highest BCUT2D eigenvalue weighted by molar-refractivity contribution is 7.85. The minimum absolute atomic E-state index is 0.201. The van der Waals surface area contributed by atoms with Crippen molar-refractivity contribution >= 4 is 42.3 Å². The van der Waals surface area contributed by atoms with Crippen LogP contribution in [0.15, 0.2) is 29.3 Å². The minimum Gasteiger partial charge on any atom is -0.286 e.